The molecule has 0 saturated carbocycles. The number of hydrogen-bond acceptors (Lipinski definition) is 4. The van der Waals surface area contributed by atoms with Crippen LogP contribution in [0.4, 0.5) is 5.82 Å². The summed E-state index contributed by atoms with van der Waals surface area (Å²) in [5.74, 6) is 2.77. The summed E-state index contributed by atoms with van der Waals surface area (Å²) in [7, 11) is 0. The first-order chi connectivity index (χ1) is 6.29. The summed E-state index contributed by atoms with van der Waals surface area (Å²) in [6.07, 6.45) is 6.45. The molecule has 0 aliphatic rings. The summed E-state index contributed by atoms with van der Waals surface area (Å²) in [6, 6.07) is 0. The van der Waals surface area contributed by atoms with Crippen molar-refractivity contribution >= 4 is 23.5 Å². The van der Waals surface area contributed by atoms with E-state index in [-0.39, 0.29) is 12.5 Å². The van der Waals surface area contributed by atoms with E-state index < -0.39 is 0 Å². The number of terminal acetylenes is 1. The summed E-state index contributed by atoms with van der Waals surface area (Å²) < 4.78 is 8.37. The summed E-state index contributed by atoms with van der Waals surface area (Å²) in [4.78, 5) is 0. The molecule has 0 fully saturated rings. The predicted molar refractivity (Wildman–Crippen MR) is 50.2 cm³/mol. The minimum absolute atomic E-state index is 0.0795. The zero-order valence-corrected chi connectivity index (χ0v) is 7.38. The van der Waals surface area contributed by atoms with Gasteiger partial charge < -0.3 is 10.5 Å². The largest absolute Gasteiger partial charge is 0.463 e. The van der Waals surface area contributed by atoms with Gasteiger partial charge in [-0.25, -0.2) is 0 Å². The molecule has 0 bridgehead atoms. The average Bonchev–Trinajstić information content (AvgIpc) is 2.54. The van der Waals surface area contributed by atoms with Crippen LogP contribution in [0.5, 0.6) is 0 Å². The number of hydrogen-bond donors (Lipinski definition) is 2. The van der Waals surface area contributed by atoms with E-state index in [1.54, 1.807) is 0 Å². The number of ether oxygens (including phenoxy) is 1. The van der Waals surface area contributed by atoms with E-state index >= 15 is 0 Å². The standard InChI is InChI=1S/C7H7ClN4O/c1-2-3-13-7(11-8)5-4-10-12-6(5)9/h1,4H,3H2,(H3,9,10,12). The van der Waals surface area contributed by atoms with Crippen LogP contribution in [0.3, 0.4) is 0 Å². The van der Waals surface area contributed by atoms with E-state index in [4.69, 9.17) is 28.7 Å². The highest BCUT2D eigenvalue weighted by Crippen LogP contribution is 2.09. The van der Waals surface area contributed by atoms with Crippen molar-refractivity contribution in [1.82, 2.24) is 10.2 Å². The van der Waals surface area contributed by atoms with Gasteiger partial charge in [-0.3, -0.25) is 5.10 Å². The Bertz CT molecular complexity index is 352. The number of rotatable bonds is 2. The maximum absolute atomic E-state index is 5.50. The van der Waals surface area contributed by atoms with E-state index in [0.717, 1.165) is 0 Å². The Morgan fingerprint density at radius 2 is 2.69 bits per heavy atom. The highest BCUT2D eigenvalue weighted by Gasteiger charge is 2.10. The summed E-state index contributed by atoms with van der Waals surface area (Å²) in [5.41, 5.74) is 5.99. The molecule has 3 N–H and O–H groups in total. The van der Waals surface area contributed by atoms with Crippen LogP contribution in [0.25, 0.3) is 0 Å². The number of nitrogens with zero attached hydrogens (tertiary/aromatic N) is 2. The fourth-order valence-corrected chi connectivity index (χ4v) is 0.864. The highest BCUT2D eigenvalue weighted by atomic mass is 35.5. The number of aromatic amines is 1. The molecular formula is C7H7ClN4O. The summed E-state index contributed by atoms with van der Waals surface area (Å²) >= 11 is 5.26. The molecule has 1 heterocycles. The van der Waals surface area contributed by atoms with Crippen molar-refractivity contribution in [3.63, 3.8) is 0 Å². The van der Waals surface area contributed by atoms with Crippen LogP contribution in [0, 0.1) is 12.3 Å². The van der Waals surface area contributed by atoms with Crippen LogP contribution in [-0.2, 0) is 4.74 Å². The van der Waals surface area contributed by atoms with E-state index in [2.05, 4.69) is 20.6 Å². The first kappa shape index (κ1) is 9.42. The van der Waals surface area contributed by atoms with Gasteiger partial charge in [0.2, 0.25) is 5.90 Å². The van der Waals surface area contributed by atoms with E-state index in [1.807, 2.05) is 0 Å². The molecule has 0 saturated heterocycles. The average molecular weight is 199 g/mol. The van der Waals surface area contributed by atoms with Crippen molar-refractivity contribution in [3.05, 3.63) is 11.8 Å². The van der Waals surface area contributed by atoms with Crippen molar-refractivity contribution in [2.75, 3.05) is 12.3 Å². The van der Waals surface area contributed by atoms with Crippen LogP contribution in [0.15, 0.2) is 10.7 Å². The molecule has 6 heteroatoms. The first-order valence-electron chi connectivity index (χ1n) is 3.34. The predicted octanol–water partition coefficient (Wildman–Crippen LogP) is 0.542. The molecule has 0 radical (unpaired) electrons. The van der Waals surface area contributed by atoms with Gasteiger partial charge in [0.15, 0.2) is 6.61 Å². The fraction of sp³-hybridized carbons (Fsp3) is 0.143. The van der Waals surface area contributed by atoms with Gasteiger partial charge in [0.1, 0.15) is 5.82 Å². The van der Waals surface area contributed by atoms with Crippen molar-refractivity contribution < 1.29 is 4.74 Å². The van der Waals surface area contributed by atoms with Gasteiger partial charge in [-0.2, -0.15) is 5.10 Å². The number of nitrogen functional groups attached to an aromatic ring is 1. The monoisotopic (exact) mass is 198 g/mol. The van der Waals surface area contributed by atoms with Gasteiger partial charge in [0.05, 0.1) is 11.8 Å². The molecule has 0 spiro atoms. The van der Waals surface area contributed by atoms with E-state index in [1.165, 1.54) is 6.20 Å². The quantitative estimate of drug-likeness (QED) is 0.414. The van der Waals surface area contributed by atoms with E-state index in [9.17, 15) is 0 Å². The zero-order valence-electron chi connectivity index (χ0n) is 6.62. The minimum atomic E-state index is 0.0795. The lowest BCUT2D eigenvalue weighted by atomic mass is 10.3. The van der Waals surface area contributed by atoms with Crippen LogP contribution in [0.1, 0.15) is 5.56 Å². The number of anilines is 1. The Kier molecular flexibility index (Phi) is 3.17. The summed E-state index contributed by atoms with van der Waals surface area (Å²) in [5, 5.41) is 6.19. The normalized spacial score (nSPS) is 10.9. The maximum atomic E-state index is 5.50. The van der Waals surface area contributed by atoms with Crippen LogP contribution >= 0.6 is 11.8 Å². The minimum Gasteiger partial charge on any atom is -0.463 e. The Hall–Kier alpha value is -1.67. The number of nitrogens with one attached hydrogen (secondary N) is 1. The number of nitrogens with two attached hydrogens (primary N) is 1. The van der Waals surface area contributed by atoms with Crippen molar-refractivity contribution in [2.24, 2.45) is 4.51 Å². The molecule has 13 heavy (non-hydrogen) atoms. The smallest absolute Gasteiger partial charge is 0.239 e. The third kappa shape index (κ3) is 2.13. The lowest BCUT2D eigenvalue weighted by Gasteiger charge is -2.02. The molecule has 1 aromatic heterocycles. The van der Waals surface area contributed by atoms with E-state index in [0.29, 0.717) is 11.4 Å². The second-order valence-corrected chi connectivity index (χ2v) is 2.25. The lowest BCUT2D eigenvalue weighted by Crippen LogP contribution is -2.07. The second-order valence-electron chi connectivity index (χ2n) is 2.08. The topological polar surface area (TPSA) is 76.3 Å². The molecule has 0 aromatic carbocycles. The molecule has 0 unspecified atom stereocenters. The van der Waals surface area contributed by atoms with Gasteiger partial charge in [0, 0.05) is 11.8 Å². The molecule has 1 rings (SSSR count). The third-order valence-electron chi connectivity index (χ3n) is 1.27. The Balaban J connectivity index is 2.81. The molecule has 5 nitrogen and oxygen atoms in total. The van der Waals surface area contributed by atoms with Crippen LogP contribution < -0.4 is 5.73 Å². The molecule has 0 aliphatic carbocycles. The lowest BCUT2D eigenvalue weighted by molar-refractivity contribution is 0.360. The van der Waals surface area contributed by atoms with Gasteiger partial charge >= 0.3 is 0 Å². The SMILES string of the molecule is C#CCOC(=NCl)c1cn[nH]c1N. The summed E-state index contributed by atoms with van der Waals surface area (Å²) in [6.45, 7) is 0.0795. The Labute approximate surface area is 80.1 Å². The molecule has 1 aromatic rings. The van der Waals surface area contributed by atoms with Crippen molar-refractivity contribution in [1.29, 1.82) is 0 Å². The molecule has 0 atom stereocenters. The molecule has 0 amide bonds. The van der Waals surface area contributed by atoms with Crippen molar-refractivity contribution in [2.45, 2.75) is 0 Å². The third-order valence-corrected chi connectivity index (χ3v) is 1.42. The number of aromatic nitrogens is 2. The molecular weight excluding hydrogens is 192 g/mol. The zero-order chi connectivity index (χ0) is 9.68. The fourth-order valence-electron chi connectivity index (χ4n) is 0.724. The second kappa shape index (κ2) is 4.38. The van der Waals surface area contributed by atoms with Gasteiger partial charge in [0.25, 0.3) is 0 Å². The number of H-pyrrole nitrogens is 1. The highest BCUT2D eigenvalue weighted by molar-refractivity contribution is 6.21. The molecule has 68 valence electrons. The van der Waals surface area contributed by atoms with Gasteiger partial charge in [-0.1, -0.05) is 5.92 Å². The van der Waals surface area contributed by atoms with Crippen LogP contribution in [-0.4, -0.2) is 22.7 Å². The molecule has 0 aliphatic heterocycles. The maximum Gasteiger partial charge on any atom is 0.239 e. The first-order valence-corrected chi connectivity index (χ1v) is 3.67. The van der Waals surface area contributed by atoms with Crippen LogP contribution in [0.2, 0.25) is 0 Å². The number of halogens is 1. The van der Waals surface area contributed by atoms with Gasteiger partial charge in [-0.15, -0.1) is 10.9 Å². The van der Waals surface area contributed by atoms with Crippen molar-refractivity contribution in [3.8, 4) is 12.3 Å². The Morgan fingerprint density at radius 3 is 3.15 bits per heavy atom. The Morgan fingerprint density at radius 1 is 1.92 bits per heavy atom. The van der Waals surface area contributed by atoms with Gasteiger partial charge in [-0.05, 0) is 0 Å².